The van der Waals surface area contributed by atoms with Crippen LogP contribution in [-0.4, -0.2) is 36.1 Å². The molecule has 7 nitrogen and oxygen atoms in total. The standard InChI is InChI=1S/C21H21FN4O3S/c22-16-6-7-18(19(11-16)29-12-15-4-5-15)20-23-13-24-21(26-20)25-17-3-1-2-14(10-17)8-9-30(27)28/h1-3,6-7,10-11,13,15H,4-5,8-9,12H2,(H,27,28)(H,23,24,25,26)/p-1. The number of benzene rings is 2. The fraction of sp³-hybridized carbons (Fsp3) is 0.286. The second kappa shape index (κ2) is 9.27. The van der Waals surface area contributed by atoms with E-state index in [9.17, 15) is 13.2 Å². The van der Waals surface area contributed by atoms with Crippen LogP contribution in [0.4, 0.5) is 16.0 Å². The zero-order chi connectivity index (χ0) is 20.9. The molecule has 1 N–H and O–H groups in total. The molecule has 0 amide bonds. The first-order valence-electron chi connectivity index (χ1n) is 9.60. The molecule has 30 heavy (non-hydrogen) atoms. The number of hydrogen-bond donors (Lipinski definition) is 1. The Morgan fingerprint density at radius 3 is 2.87 bits per heavy atom. The van der Waals surface area contributed by atoms with Crippen molar-refractivity contribution in [1.82, 2.24) is 15.0 Å². The van der Waals surface area contributed by atoms with Crippen molar-refractivity contribution < 1.29 is 17.9 Å². The van der Waals surface area contributed by atoms with Gasteiger partial charge in [0.2, 0.25) is 5.95 Å². The van der Waals surface area contributed by atoms with E-state index in [2.05, 4.69) is 20.3 Å². The van der Waals surface area contributed by atoms with Crippen LogP contribution in [0, 0.1) is 11.7 Å². The highest BCUT2D eigenvalue weighted by Gasteiger charge is 2.23. The van der Waals surface area contributed by atoms with Gasteiger partial charge < -0.3 is 14.6 Å². The summed E-state index contributed by atoms with van der Waals surface area (Å²) in [6, 6.07) is 11.7. The monoisotopic (exact) mass is 427 g/mol. The summed E-state index contributed by atoms with van der Waals surface area (Å²) in [5.74, 6) is 1.31. The predicted molar refractivity (Wildman–Crippen MR) is 111 cm³/mol. The molecule has 0 radical (unpaired) electrons. The largest absolute Gasteiger partial charge is 0.772 e. The molecule has 4 rings (SSSR count). The van der Waals surface area contributed by atoms with Crippen molar-refractivity contribution in [1.29, 1.82) is 0 Å². The molecule has 1 unspecified atom stereocenters. The van der Waals surface area contributed by atoms with Crippen LogP contribution < -0.4 is 10.1 Å². The van der Waals surface area contributed by atoms with Crippen LogP contribution in [0.1, 0.15) is 18.4 Å². The average molecular weight is 427 g/mol. The summed E-state index contributed by atoms with van der Waals surface area (Å²) in [7, 11) is 0. The van der Waals surface area contributed by atoms with Crippen LogP contribution in [-0.2, 0) is 17.5 Å². The first-order valence-corrected chi connectivity index (χ1v) is 10.8. The minimum Gasteiger partial charge on any atom is -0.772 e. The Labute approximate surface area is 176 Å². The molecule has 156 valence electrons. The van der Waals surface area contributed by atoms with Crippen LogP contribution in [0.3, 0.4) is 0 Å². The van der Waals surface area contributed by atoms with Gasteiger partial charge in [0, 0.05) is 17.5 Å². The minimum atomic E-state index is -2.08. The van der Waals surface area contributed by atoms with Crippen LogP contribution in [0.25, 0.3) is 11.4 Å². The second-order valence-electron chi connectivity index (χ2n) is 7.11. The van der Waals surface area contributed by atoms with Gasteiger partial charge in [0.15, 0.2) is 5.82 Å². The lowest BCUT2D eigenvalue weighted by atomic mass is 10.1. The first-order chi connectivity index (χ1) is 14.6. The van der Waals surface area contributed by atoms with E-state index in [-0.39, 0.29) is 11.6 Å². The molecular formula is C21H20FN4O3S-. The van der Waals surface area contributed by atoms with Crippen molar-refractivity contribution in [2.24, 2.45) is 5.92 Å². The Morgan fingerprint density at radius 2 is 2.07 bits per heavy atom. The summed E-state index contributed by atoms with van der Waals surface area (Å²) in [5, 5.41) is 3.10. The lowest BCUT2D eigenvalue weighted by Gasteiger charge is -2.12. The zero-order valence-corrected chi connectivity index (χ0v) is 16.9. The molecule has 2 aromatic carbocycles. The van der Waals surface area contributed by atoms with E-state index < -0.39 is 11.1 Å². The quantitative estimate of drug-likeness (QED) is 0.521. The molecule has 1 aliphatic rings. The summed E-state index contributed by atoms with van der Waals surface area (Å²) >= 11 is -2.08. The summed E-state index contributed by atoms with van der Waals surface area (Å²) in [5.41, 5.74) is 2.20. The Balaban J connectivity index is 1.53. The Bertz CT molecular complexity index is 1060. The molecular weight excluding hydrogens is 407 g/mol. The molecule has 3 aromatic rings. The number of nitrogens with zero attached hydrogens (tertiary/aromatic N) is 3. The van der Waals surface area contributed by atoms with E-state index in [1.54, 1.807) is 6.07 Å². The SMILES string of the molecule is O=S([O-])CCc1cccc(Nc2ncnc(-c3ccc(F)cc3OCC3CC3)n2)c1. The highest BCUT2D eigenvalue weighted by Crippen LogP contribution is 2.33. The van der Waals surface area contributed by atoms with Gasteiger partial charge in [0.25, 0.3) is 0 Å². The van der Waals surface area contributed by atoms with E-state index in [1.807, 2.05) is 24.3 Å². The van der Waals surface area contributed by atoms with Gasteiger partial charge in [-0.15, -0.1) is 0 Å². The smallest absolute Gasteiger partial charge is 0.230 e. The number of nitrogens with one attached hydrogen (secondary N) is 1. The highest BCUT2D eigenvalue weighted by molar-refractivity contribution is 7.79. The Kier molecular flexibility index (Phi) is 6.29. The Hall–Kier alpha value is -2.91. The lowest BCUT2D eigenvalue weighted by molar-refractivity contribution is 0.299. The van der Waals surface area contributed by atoms with Gasteiger partial charge in [-0.1, -0.05) is 23.2 Å². The fourth-order valence-electron chi connectivity index (χ4n) is 2.91. The van der Waals surface area contributed by atoms with Crippen LogP contribution >= 0.6 is 0 Å². The Morgan fingerprint density at radius 1 is 1.20 bits per heavy atom. The van der Waals surface area contributed by atoms with E-state index in [0.717, 1.165) is 24.1 Å². The molecule has 9 heteroatoms. The van der Waals surface area contributed by atoms with E-state index >= 15 is 0 Å². The maximum absolute atomic E-state index is 13.7. The first kappa shape index (κ1) is 20.4. The molecule has 1 heterocycles. The van der Waals surface area contributed by atoms with Gasteiger partial charge in [-0.05, 0) is 55.0 Å². The zero-order valence-electron chi connectivity index (χ0n) is 16.1. The van der Waals surface area contributed by atoms with Gasteiger partial charge in [0.1, 0.15) is 17.9 Å². The third-order valence-electron chi connectivity index (χ3n) is 4.67. The van der Waals surface area contributed by atoms with Crippen molar-refractivity contribution in [3.8, 4) is 17.1 Å². The van der Waals surface area contributed by atoms with Gasteiger partial charge in [-0.3, -0.25) is 4.21 Å². The second-order valence-corrected chi connectivity index (χ2v) is 8.13. The van der Waals surface area contributed by atoms with E-state index in [4.69, 9.17) is 4.74 Å². The van der Waals surface area contributed by atoms with Crippen molar-refractivity contribution >= 4 is 22.7 Å². The molecule has 1 fully saturated rings. The van der Waals surface area contributed by atoms with Gasteiger partial charge in [-0.2, -0.15) is 4.98 Å². The molecule has 0 bridgehead atoms. The predicted octanol–water partition coefficient (Wildman–Crippen LogP) is 3.63. The molecule has 1 saturated carbocycles. The maximum Gasteiger partial charge on any atom is 0.230 e. The number of aromatic nitrogens is 3. The van der Waals surface area contributed by atoms with Gasteiger partial charge >= 0.3 is 0 Å². The number of ether oxygens (including phenoxy) is 1. The molecule has 0 saturated heterocycles. The fourth-order valence-corrected chi connectivity index (χ4v) is 3.32. The molecule has 1 aliphatic carbocycles. The minimum absolute atomic E-state index is 0.0631. The number of aryl methyl sites for hydroxylation is 1. The molecule has 0 aliphatic heterocycles. The van der Waals surface area contributed by atoms with Gasteiger partial charge in [-0.25, -0.2) is 14.4 Å². The number of hydrogen-bond acceptors (Lipinski definition) is 7. The van der Waals surface area contributed by atoms with E-state index in [1.165, 1.54) is 18.5 Å². The summed E-state index contributed by atoms with van der Waals surface area (Å²) in [4.78, 5) is 12.8. The van der Waals surface area contributed by atoms with Crippen LogP contribution in [0.2, 0.25) is 0 Å². The maximum atomic E-state index is 13.7. The van der Waals surface area contributed by atoms with Crippen molar-refractivity contribution in [3.05, 3.63) is 60.2 Å². The highest BCUT2D eigenvalue weighted by atomic mass is 32.2. The third-order valence-corrected chi connectivity index (χ3v) is 5.21. The van der Waals surface area contributed by atoms with Crippen molar-refractivity contribution in [2.45, 2.75) is 19.3 Å². The van der Waals surface area contributed by atoms with Crippen molar-refractivity contribution in [2.75, 3.05) is 17.7 Å². The van der Waals surface area contributed by atoms with Crippen LogP contribution in [0.15, 0.2) is 48.8 Å². The lowest BCUT2D eigenvalue weighted by Crippen LogP contribution is -2.04. The number of halogens is 1. The van der Waals surface area contributed by atoms with Crippen LogP contribution in [0.5, 0.6) is 5.75 Å². The molecule has 0 spiro atoms. The van der Waals surface area contributed by atoms with Gasteiger partial charge in [0.05, 0.1) is 12.2 Å². The normalized spacial score (nSPS) is 14.3. The van der Waals surface area contributed by atoms with Crippen molar-refractivity contribution in [3.63, 3.8) is 0 Å². The van der Waals surface area contributed by atoms with E-state index in [0.29, 0.717) is 42.0 Å². The summed E-state index contributed by atoms with van der Waals surface area (Å²) in [6.07, 6.45) is 4.07. The topological polar surface area (TPSA) is 100 Å². The third kappa shape index (κ3) is 5.58. The summed E-state index contributed by atoms with van der Waals surface area (Å²) in [6.45, 7) is 0.549. The molecule has 1 atom stereocenters. The number of anilines is 2. The summed E-state index contributed by atoms with van der Waals surface area (Å²) < 4.78 is 41.1. The number of rotatable bonds is 9. The molecule has 1 aromatic heterocycles. The average Bonchev–Trinajstić information content (AvgIpc) is 3.56.